The van der Waals surface area contributed by atoms with Crippen LogP contribution in [0.2, 0.25) is 0 Å². The van der Waals surface area contributed by atoms with Crippen molar-refractivity contribution in [2.75, 3.05) is 14.2 Å². The summed E-state index contributed by atoms with van der Waals surface area (Å²) in [7, 11) is 3.04. The first-order valence-corrected chi connectivity index (χ1v) is 7.72. The molecule has 0 aliphatic rings. The van der Waals surface area contributed by atoms with E-state index in [0.29, 0.717) is 17.1 Å². The summed E-state index contributed by atoms with van der Waals surface area (Å²) >= 11 is 0. The molecule has 0 amide bonds. The highest BCUT2D eigenvalue weighted by Crippen LogP contribution is 2.25. The van der Waals surface area contributed by atoms with Crippen LogP contribution in [-0.4, -0.2) is 26.3 Å². The molecular weight excluding hydrogens is 284 g/mol. The summed E-state index contributed by atoms with van der Waals surface area (Å²) in [5.41, 5.74) is 0.307. The number of hydrogen-bond donors (Lipinski definition) is 0. The van der Waals surface area contributed by atoms with Gasteiger partial charge in [-0.25, -0.2) is 4.79 Å². The molecule has 0 spiro atoms. The minimum Gasteiger partial charge on any atom is -0.497 e. The van der Waals surface area contributed by atoms with Gasteiger partial charge in [0.05, 0.1) is 14.2 Å². The Morgan fingerprint density at radius 1 is 1.14 bits per heavy atom. The first-order valence-electron chi connectivity index (χ1n) is 7.72. The minimum absolute atomic E-state index is 0.120. The monoisotopic (exact) mass is 310 g/mol. The SMILES string of the molecule is CCCCCCC(C)OOC(=O)c1ccc(OC)cc1OC. The van der Waals surface area contributed by atoms with Crippen LogP contribution in [0.4, 0.5) is 0 Å². The lowest BCUT2D eigenvalue weighted by Crippen LogP contribution is -2.14. The molecule has 0 aliphatic heterocycles. The minimum atomic E-state index is -0.570. The molecule has 5 heteroatoms. The van der Waals surface area contributed by atoms with Gasteiger partial charge in [0.1, 0.15) is 23.2 Å². The van der Waals surface area contributed by atoms with Crippen LogP contribution in [0.3, 0.4) is 0 Å². The van der Waals surface area contributed by atoms with E-state index in [-0.39, 0.29) is 6.10 Å². The second-order valence-corrected chi connectivity index (χ2v) is 5.19. The lowest BCUT2D eigenvalue weighted by molar-refractivity contribution is -0.271. The van der Waals surface area contributed by atoms with Gasteiger partial charge in [-0.15, -0.1) is 0 Å². The third-order valence-corrected chi connectivity index (χ3v) is 3.38. The zero-order valence-electron chi connectivity index (χ0n) is 13.9. The van der Waals surface area contributed by atoms with Gasteiger partial charge in [0.15, 0.2) is 0 Å². The summed E-state index contributed by atoms with van der Waals surface area (Å²) in [4.78, 5) is 22.1. The van der Waals surface area contributed by atoms with Crippen molar-refractivity contribution in [1.29, 1.82) is 0 Å². The number of rotatable bonds is 10. The summed E-state index contributed by atoms with van der Waals surface area (Å²) in [6.45, 7) is 4.06. The zero-order chi connectivity index (χ0) is 16.4. The average molecular weight is 310 g/mol. The van der Waals surface area contributed by atoms with E-state index in [1.807, 2.05) is 6.92 Å². The topological polar surface area (TPSA) is 54.0 Å². The van der Waals surface area contributed by atoms with E-state index in [9.17, 15) is 4.79 Å². The molecule has 0 saturated heterocycles. The molecular formula is C17H26O5. The highest BCUT2D eigenvalue weighted by Gasteiger charge is 2.17. The zero-order valence-corrected chi connectivity index (χ0v) is 13.9. The Balaban J connectivity index is 2.48. The number of benzene rings is 1. The van der Waals surface area contributed by atoms with Gasteiger partial charge < -0.3 is 9.47 Å². The molecule has 1 aromatic carbocycles. The van der Waals surface area contributed by atoms with Crippen LogP contribution in [0.5, 0.6) is 11.5 Å². The Morgan fingerprint density at radius 2 is 1.91 bits per heavy atom. The van der Waals surface area contributed by atoms with E-state index in [0.717, 1.165) is 12.8 Å². The fourth-order valence-corrected chi connectivity index (χ4v) is 2.04. The van der Waals surface area contributed by atoms with E-state index in [1.165, 1.54) is 26.4 Å². The maximum absolute atomic E-state index is 12.0. The Hall–Kier alpha value is -1.75. The van der Waals surface area contributed by atoms with Crippen molar-refractivity contribution in [2.45, 2.75) is 52.1 Å². The fourth-order valence-electron chi connectivity index (χ4n) is 2.04. The fraction of sp³-hybridized carbons (Fsp3) is 0.588. The van der Waals surface area contributed by atoms with Gasteiger partial charge in [-0.1, -0.05) is 32.6 Å². The van der Waals surface area contributed by atoms with Crippen molar-refractivity contribution in [3.63, 3.8) is 0 Å². The average Bonchev–Trinajstić information content (AvgIpc) is 2.55. The van der Waals surface area contributed by atoms with Crippen molar-refractivity contribution in [3.8, 4) is 11.5 Å². The van der Waals surface area contributed by atoms with Crippen LogP contribution in [0.1, 0.15) is 56.3 Å². The molecule has 1 unspecified atom stereocenters. The lowest BCUT2D eigenvalue weighted by atomic mass is 10.1. The van der Waals surface area contributed by atoms with Crippen molar-refractivity contribution >= 4 is 5.97 Å². The number of unbranched alkanes of at least 4 members (excludes halogenated alkanes) is 3. The number of carbonyl (C=O) groups excluding carboxylic acids is 1. The van der Waals surface area contributed by atoms with Gasteiger partial charge in [0, 0.05) is 6.07 Å². The van der Waals surface area contributed by atoms with Crippen molar-refractivity contribution in [3.05, 3.63) is 23.8 Å². The standard InChI is InChI=1S/C17H26O5/c1-5-6-7-8-9-13(2)21-22-17(18)15-11-10-14(19-3)12-16(15)20-4/h10-13H,5-9H2,1-4H3. The van der Waals surface area contributed by atoms with Crippen molar-refractivity contribution in [2.24, 2.45) is 0 Å². The molecule has 0 radical (unpaired) electrons. The number of ether oxygens (including phenoxy) is 2. The molecule has 0 heterocycles. The van der Waals surface area contributed by atoms with Crippen LogP contribution >= 0.6 is 0 Å². The second-order valence-electron chi connectivity index (χ2n) is 5.19. The summed E-state index contributed by atoms with van der Waals surface area (Å²) in [6.07, 6.45) is 5.40. The van der Waals surface area contributed by atoms with Gasteiger partial charge in [-0.2, -0.15) is 4.89 Å². The highest BCUT2D eigenvalue weighted by atomic mass is 17.2. The van der Waals surface area contributed by atoms with E-state index in [1.54, 1.807) is 25.3 Å². The third kappa shape index (κ3) is 5.93. The van der Waals surface area contributed by atoms with Crippen LogP contribution < -0.4 is 9.47 Å². The van der Waals surface area contributed by atoms with E-state index in [2.05, 4.69) is 6.92 Å². The first-order chi connectivity index (χ1) is 10.6. The Bertz CT molecular complexity index is 458. The predicted molar refractivity (Wildman–Crippen MR) is 84.3 cm³/mol. The predicted octanol–water partition coefficient (Wildman–Crippen LogP) is 4.15. The molecule has 0 aromatic heterocycles. The van der Waals surface area contributed by atoms with E-state index < -0.39 is 5.97 Å². The quantitative estimate of drug-likeness (QED) is 0.369. The summed E-state index contributed by atoms with van der Waals surface area (Å²) in [5.74, 6) is 0.432. The molecule has 1 aromatic rings. The Morgan fingerprint density at radius 3 is 2.55 bits per heavy atom. The summed E-state index contributed by atoms with van der Waals surface area (Å²) in [6, 6.07) is 4.90. The van der Waals surface area contributed by atoms with Crippen LogP contribution in [0, 0.1) is 0 Å². The van der Waals surface area contributed by atoms with Crippen molar-refractivity contribution < 1.29 is 24.0 Å². The maximum Gasteiger partial charge on any atom is 0.376 e. The molecule has 0 aliphatic carbocycles. The van der Waals surface area contributed by atoms with E-state index >= 15 is 0 Å². The molecule has 0 saturated carbocycles. The van der Waals surface area contributed by atoms with Gasteiger partial charge in [-0.3, -0.25) is 4.89 Å². The second kappa shape index (κ2) is 10.1. The lowest BCUT2D eigenvalue weighted by Gasteiger charge is -2.12. The Kier molecular flexibility index (Phi) is 8.36. The molecule has 0 N–H and O–H groups in total. The van der Waals surface area contributed by atoms with Gasteiger partial charge >= 0.3 is 5.97 Å². The van der Waals surface area contributed by atoms with E-state index in [4.69, 9.17) is 19.2 Å². The number of hydrogen-bond acceptors (Lipinski definition) is 5. The number of methoxy groups -OCH3 is 2. The van der Waals surface area contributed by atoms with Gasteiger partial charge in [0.25, 0.3) is 0 Å². The maximum atomic E-state index is 12.0. The molecule has 1 atom stereocenters. The smallest absolute Gasteiger partial charge is 0.376 e. The molecule has 1 rings (SSSR count). The van der Waals surface area contributed by atoms with Crippen LogP contribution in [0.25, 0.3) is 0 Å². The van der Waals surface area contributed by atoms with Crippen LogP contribution in [0.15, 0.2) is 18.2 Å². The molecule has 0 fully saturated rings. The third-order valence-electron chi connectivity index (χ3n) is 3.38. The molecule has 0 bridgehead atoms. The number of carbonyl (C=O) groups is 1. The molecule has 22 heavy (non-hydrogen) atoms. The highest BCUT2D eigenvalue weighted by molar-refractivity contribution is 5.92. The first kappa shape index (κ1) is 18.3. The molecule has 124 valence electrons. The van der Waals surface area contributed by atoms with Gasteiger partial charge in [0.2, 0.25) is 0 Å². The summed E-state index contributed by atoms with van der Waals surface area (Å²) in [5, 5.41) is 0. The van der Waals surface area contributed by atoms with Crippen molar-refractivity contribution in [1.82, 2.24) is 0 Å². The summed E-state index contributed by atoms with van der Waals surface area (Å²) < 4.78 is 10.3. The van der Waals surface area contributed by atoms with Gasteiger partial charge in [-0.05, 0) is 25.5 Å². The molecule has 5 nitrogen and oxygen atoms in total. The Labute approximate surface area is 132 Å². The normalized spacial score (nSPS) is 11.8. The van der Waals surface area contributed by atoms with Crippen LogP contribution in [-0.2, 0) is 9.78 Å². The largest absolute Gasteiger partial charge is 0.497 e.